The molecule has 0 saturated carbocycles. The van der Waals surface area contributed by atoms with Crippen molar-refractivity contribution < 1.29 is 23.9 Å². The lowest BCUT2D eigenvalue weighted by Crippen LogP contribution is -2.33. The standard InChI is InChI=1S/C20H18BN3O5/c1-27-20(25)17-18(29-11-13-7-4-3-5-8-13)14-9-6-10-15(21(26)28-2)16(14)19-22-12-23-24(17)19/h3-10,12,26H,11H2,1-2H3. The number of carbonyl (C=O) groups excluding carboxylic acids is 1. The summed E-state index contributed by atoms with van der Waals surface area (Å²) in [5, 5.41) is 15.7. The van der Waals surface area contributed by atoms with Crippen LogP contribution in [0.4, 0.5) is 0 Å². The van der Waals surface area contributed by atoms with Gasteiger partial charge in [0.15, 0.2) is 17.1 Å². The lowest BCUT2D eigenvalue weighted by atomic mass is 9.76. The van der Waals surface area contributed by atoms with Crippen LogP contribution in [0.25, 0.3) is 16.4 Å². The molecule has 0 aliphatic rings. The number of ether oxygens (including phenoxy) is 2. The molecule has 2 aromatic heterocycles. The Bertz CT molecular complexity index is 1180. The van der Waals surface area contributed by atoms with Gasteiger partial charge in [-0.1, -0.05) is 48.5 Å². The molecule has 146 valence electrons. The maximum atomic E-state index is 12.6. The van der Waals surface area contributed by atoms with Crippen molar-refractivity contribution in [3.05, 3.63) is 66.1 Å². The minimum absolute atomic E-state index is 0.118. The second kappa shape index (κ2) is 7.90. The van der Waals surface area contributed by atoms with Crippen LogP contribution >= 0.6 is 0 Å². The van der Waals surface area contributed by atoms with E-state index < -0.39 is 13.1 Å². The molecule has 1 N–H and O–H groups in total. The van der Waals surface area contributed by atoms with Crippen LogP contribution in [0.3, 0.4) is 0 Å². The summed E-state index contributed by atoms with van der Waals surface area (Å²) < 4.78 is 17.5. The Kier molecular flexibility index (Phi) is 5.15. The summed E-state index contributed by atoms with van der Waals surface area (Å²) in [6, 6.07) is 14.9. The summed E-state index contributed by atoms with van der Waals surface area (Å²) in [6.07, 6.45) is 1.33. The van der Waals surface area contributed by atoms with Gasteiger partial charge in [0, 0.05) is 17.9 Å². The largest absolute Gasteiger partial charge is 0.491 e. The number of carbonyl (C=O) groups is 1. The summed E-state index contributed by atoms with van der Waals surface area (Å²) in [7, 11) is 1.52. The van der Waals surface area contributed by atoms with Crippen LogP contribution in [-0.2, 0) is 16.0 Å². The number of pyridine rings is 1. The Morgan fingerprint density at radius 3 is 2.66 bits per heavy atom. The Morgan fingerprint density at radius 1 is 1.14 bits per heavy atom. The number of benzene rings is 2. The summed E-state index contributed by atoms with van der Waals surface area (Å²) in [6.45, 7) is 0.233. The molecule has 0 radical (unpaired) electrons. The minimum Gasteiger partial charge on any atom is -0.486 e. The topological polar surface area (TPSA) is 95.2 Å². The summed E-state index contributed by atoms with van der Waals surface area (Å²) in [5.74, 6) is -0.318. The highest BCUT2D eigenvalue weighted by molar-refractivity contribution is 6.63. The van der Waals surface area contributed by atoms with Gasteiger partial charge in [-0.25, -0.2) is 14.3 Å². The van der Waals surface area contributed by atoms with E-state index in [0.717, 1.165) is 5.56 Å². The first-order valence-corrected chi connectivity index (χ1v) is 8.90. The average Bonchev–Trinajstić information content (AvgIpc) is 3.25. The van der Waals surface area contributed by atoms with Gasteiger partial charge in [0.05, 0.1) is 7.11 Å². The summed E-state index contributed by atoms with van der Waals surface area (Å²) >= 11 is 0. The van der Waals surface area contributed by atoms with E-state index in [1.807, 2.05) is 30.3 Å². The highest BCUT2D eigenvalue weighted by atomic mass is 16.5. The van der Waals surface area contributed by atoms with Crippen molar-refractivity contribution in [2.75, 3.05) is 14.2 Å². The molecule has 9 heteroatoms. The molecule has 0 amide bonds. The second-order valence-corrected chi connectivity index (χ2v) is 6.30. The predicted molar refractivity (Wildman–Crippen MR) is 107 cm³/mol. The van der Waals surface area contributed by atoms with Crippen molar-refractivity contribution in [2.24, 2.45) is 0 Å². The number of nitrogens with zero attached hydrogens (tertiary/aromatic N) is 3. The molecule has 8 nitrogen and oxygen atoms in total. The third kappa shape index (κ3) is 3.30. The molecule has 0 aliphatic heterocycles. The van der Waals surface area contributed by atoms with Gasteiger partial charge in [0.2, 0.25) is 0 Å². The van der Waals surface area contributed by atoms with E-state index in [4.69, 9.17) is 14.1 Å². The Labute approximate surface area is 166 Å². The van der Waals surface area contributed by atoms with Gasteiger partial charge in [-0.3, -0.25) is 0 Å². The first-order chi connectivity index (χ1) is 14.2. The monoisotopic (exact) mass is 391 g/mol. The third-order valence-electron chi connectivity index (χ3n) is 4.63. The van der Waals surface area contributed by atoms with Gasteiger partial charge in [-0.05, 0) is 11.0 Å². The molecule has 0 atom stereocenters. The molecule has 0 aliphatic carbocycles. The van der Waals surface area contributed by atoms with Crippen molar-refractivity contribution in [3.8, 4) is 5.75 Å². The molecule has 29 heavy (non-hydrogen) atoms. The zero-order valence-corrected chi connectivity index (χ0v) is 15.9. The molecule has 0 spiro atoms. The average molecular weight is 391 g/mol. The zero-order chi connectivity index (χ0) is 20.4. The Balaban J connectivity index is 2.00. The SMILES string of the molecule is COB(O)c1cccc2c(OCc3ccccc3)c(C(=O)OC)n3ncnc3c12. The molecule has 0 unspecified atom stereocenters. The van der Waals surface area contributed by atoms with Gasteiger partial charge in [-0.15, -0.1) is 0 Å². The van der Waals surface area contributed by atoms with Crippen LogP contribution in [-0.4, -0.2) is 46.9 Å². The van der Waals surface area contributed by atoms with Crippen molar-refractivity contribution >= 4 is 35.0 Å². The van der Waals surface area contributed by atoms with E-state index in [2.05, 4.69) is 10.1 Å². The first-order valence-electron chi connectivity index (χ1n) is 8.90. The van der Waals surface area contributed by atoms with Crippen LogP contribution in [0.5, 0.6) is 5.75 Å². The van der Waals surface area contributed by atoms with E-state index in [1.165, 1.54) is 25.1 Å². The van der Waals surface area contributed by atoms with Gasteiger partial charge >= 0.3 is 13.1 Å². The van der Waals surface area contributed by atoms with Crippen molar-refractivity contribution in [1.82, 2.24) is 14.6 Å². The molecule has 0 fully saturated rings. The van der Waals surface area contributed by atoms with E-state index in [9.17, 15) is 9.82 Å². The number of esters is 1. The molecule has 4 rings (SSSR count). The fourth-order valence-corrected chi connectivity index (χ4v) is 3.29. The van der Waals surface area contributed by atoms with Gasteiger partial charge in [-0.2, -0.15) is 5.10 Å². The summed E-state index contributed by atoms with van der Waals surface area (Å²) in [4.78, 5) is 16.9. The molecule has 0 bridgehead atoms. The lowest BCUT2D eigenvalue weighted by molar-refractivity contribution is 0.0585. The fraction of sp³-hybridized carbons (Fsp3) is 0.150. The van der Waals surface area contributed by atoms with Gasteiger partial charge in [0.25, 0.3) is 0 Å². The van der Waals surface area contributed by atoms with Gasteiger partial charge in [0.1, 0.15) is 12.9 Å². The third-order valence-corrected chi connectivity index (χ3v) is 4.63. The highest BCUT2D eigenvalue weighted by Gasteiger charge is 2.28. The fourth-order valence-electron chi connectivity index (χ4n) is 3.29. The second-order valence-electron chi connectivity index (χ2n) is 6.30. The quantitative estimate of drug-likeness (QED) is 0.394. The highest BCUT2D eigenvalue weighted by Crippen LogP contribution is 2.33. The number of hydrogen-bond donors (Lipinski definition) is 1. The number of aromatic nitrogens is 3. The maximum absolute atomic E-state index is 12.6. The zero-order valence-electron chi connectivity index (χ0n) is 15.9. The van der Waals surface area contributed by atoms with Crippen LogP contribution in [0.15, 0.2) is 54.9 Å². The van der Waals surface area contributed by atoms with Crippen LogP contribution in [0.2, 0.25) is 0 Å². The molecular formula is C20H18BN3O5. The van der Waals surface area contributed by atoms with E-state index in [0.29, 0.717) is 27.6 Å². The van der Waals surface area contributed by atoms with E-state index >= 15 is 0 Å². The summed E-state index contributed by atoms with van der Waals surface area (Å²) in [5.41, 5.74) is 1.93. The van der Waals surface area contributed by atoms with Crippen LogP contribution in [0, 0.1) is 0 Å². The number of fused-ring (bicyclic) bond motifs is 3. The van der Waals surface area contributed by atoms with Crippen LogP contribution in [0.1, 0.15) is 16.1 Å². The number of rotatable bonds is 6. The molecule has 2 heterocycles. The maximum Gasteiger partial charge on any atom is 0.491 e. The van der Waals surface area contributed by atoms with Crippen molar-refractivity contribution in [3.63, 3.8) is 0 Å². The first kappa shape index (κ1) is 18.9. The molecule has 2 aromatic carbocycles. The molecule has 0 saturated heterocycles. The number of methoxy groups -OCH3 is 1. The van der Waals surface area contributed by atoms with Gasteiger partial charge < -0.3 is 19.2 Å². The Morgan fingerprint density at radius 2 is 1.93 bits per heavy atom. The lowest BCUT2D eigenvalue weighted by Gasteiger charge is -2.17. The normalized spacial score (nSPS) is 11.0. The van der Waals surface area contributed by atoms with Crippen molar-refractivity contribution in [2.45, 2.75) is 6.61 Å². The Hall–Kier alpha value is -3.43. The predicted octanol–water partition coefficient (Wildman–Crippen LogP) is 1.58. The van der Waals surface area contributed by atoms with Crippen LogP contribution < -0.4 is 10.2 Å². The van der Waals surface area contributed by atoms with E-state index in [-0.39, 0.29) is 12.3 Å². The smallest absolute Gasteiger partial charge is 0.486 e. The number of hydrogen-bond acceptors (Lipinski definition) is 7. The minimum atomic E-state index is -1.18. The molecular weight excluding hydrogens is 373 g/mol. The van der Waals surface area contributed by atoms with Crippen molar-refractivity contribution in [1.29, 1.82) is 0 Å². The molecule has 4 aromatic rings. The van der Waals surface area contributed by atoms with E-state index in [1.54, 1.807) is 18.2 Å².